The number of thiophene rings is 1. The van der Waals surface area contributed by atoms with Crippen LogP contribution in [-0.2, 0) is 0 Å². The molecular formula is C12H14OS. The van der Waals surface area contributed by atoms with Gasteiger partial charge in [0.25, 0.3) is 0 Å². The molecule has 1 nitrogen and oxygen atoms in total. The third-order valence-electron chi connectivity index (χ3n) is 2.63. The Hall–Kier alpha value is -0.780. The first kappa shape index (κ1) is 9.76. The highest BCUT2D eigenvalue weighted by Gasteiger charge is 2.20. The Bertz CT molecular complexity index is 331. The first-order chi connectivity index (χ1) is 6.86. The molecule has 2 rings (SSSR count). The predicted octanol–water partition coefficient (Wildman–Crippen LogP) is 2.65. The fourth-order valence-corrected chi connectivity index (χ4v) is 2.37. The highest BCUT2D eigenvalue weighted by Crippen LogP contribution is 2.23. The summed E-state index contributed by atoms with van der Waals surface area (Å²) in [7, 11) is 0. The first-order valence-electron chi connectivity index (χ1n) is 5.09. The van der Waals surface area contributed by atoms with Crippen molar-refractivity contribution >= 4 is 11.3 Å². The van der Waals surface area contributed by atoms with Gasteiger partial charge >= 0.3 is 0 Å². The molecule has 2 heteroatoms. The topological polar surface area (TPSA) is 20.2 Å². The second-order valence-corrected chi connectivity index (χ2v) is 4.65. The van der Waals surface area contributed by atoms with Crippen molar-refractivity contribution in [3.05, 3.63) is 22.4 Å². The molecule has 0 saturated heterocycles. The third kappa shape index (κ3) is 2.37. The van der Waals surface area contributed by atoms with Gasteiger partial charge in [-0.2, -0.15) is 0 Å². The molecule has 2 unspecified atom stereocenters. The summed E-state index contributed by atoms with van der Waals surface area (Å²) in [5, 5.41) is 11.7. The molecule has 1 aromatic heterocycles. The summed E-state index contributed by atoms with van der Waals surface area (Å²) >= 11 is 1.66. The van der Waals surface area contributed by atoms with Crippen LogP contribution in [0, 0.1) is 17.8 Å². The van der Waals surface area contributed by atoms with Crippen LogP contribution in [-0.4, -0.2) is 11.2 Å². The van der Waals surface area contributed by atoms with E-state index in [0.717, 1.165) is 24.1 Å². The van der Waals surface area contributed by atoms with E-state index in [2.05, 4.69) is 11.8 Å². The largest absolute Gasteiger partial charge is 0.392 e. The van der Waals surface area contributed by atoms with Gasteiger partial charge in [-0.25, -0.2) is 0 Å². The maximum Gasteiger partial charge on any atom is 0.0768 e. The van der Waals surface area contributed by atoms with Crippen molar-refractivity contribution in [3.63, 3.8) is 0 Å². The molecule has 74 valence electrons. The van der Waals surface area contributed by atoms with Crippen LogP contribution in [0.15, 0.2) is 17.5 Å². The molecule has 14 heavy (non-hydrogen) atoms. The Kier molecular flexibility index (Phi) is 3.23. The van der Waals surface area contributed by atoms with Crippen LogP contribution in [0.25, 0.3) is 0 Å². The molecule has 1 heterocycles. The van der Waals surface area contributed by atoms with E-state index in [-0.39, 0.29) is 12.0 Å². The lowest BCUT2D eigenvalue weighted by molar-refractivity contribution is 0.0970. The maximum atomic E-state index is 9.70. The molecule has 0 aromatic carbocycles. The Morgan fingerprint density at radius 2 is 2.21 bits per heavy atom. The van der Waals surface area contributed by atoms with E-state index in [1.165, 1.54) is 6.42 Å². The van der Waals surface area contributed by atoms with Gasteiger partial charge in [-0.05, 0) is 24.3 Å². The Balaban J connectivity index is 2.01. The average Bonchev–Trinajstić information content (AvgIpc) is 2.69. The van der Waals surface area contributed by atoms with Gasteiger partial charge in [-0.15, -0.1) is 11.3 Å². The van der Waals surface area contributed by atoms with Gasteiger partial charge in [0.1, 0.15) is 0 Å². The third-order valence-corrected chi connectivity index (χ3v) is 3.42. The molecule has 0 radical (unpaired) electrons. The van der Waals surface area contributed by atoms with Gasteiger partial charge in [0, 0.05) is 5.92 Å². The van der Waals surface area contributed by atoms with Crippen molar-refractivity contribution < 1.29 is 5.11 Å². The minimum absolute atomic E-state index is 0.198. The van der Waals surface area contributed by atoms with Crippen molar-refractivity contribution in [1.29, 1.82) is 0 Å². The molecule has 1 aromatic rings. The van der Waals surface area contributed by atoms with Gasteiger partial charge in [0.05, 0.1) is 11.0 Å². The summed E-state index contributed by atoms with van der Waals surface area (Å²) in [6.45, 7) is 0. The summed E-state index contributed by atoms with van der Waals surface area (Å²) in [6, 6.07) is 4.03. The van der Waals surface area contributed by atoms with Crippen LogP contribution in [0.2, 0.25) is 0 Å². The summed E-state index contributed by atoms with van der Waals surface area (Å²) in [6.07, 6.45) is 4.14. The van der Waals surface area contributed by atoms with Crippen LogP contribution >= 0.6 is 11.3 Å². The second-order valence-electron chi connectivity index (χ2n) is 3.70. The zero-order valence-electron chi connectivity index (χ0n) is 8.07. The van der Waals surface area contributed by atoms with E-state index in [1.807, 2.05) is 17.5 Å². The van der Waals surface area contributed by atoms with E-state index in [9.17, 15) is 5.11 Å². The van der Waals surface area contributed by atoms with E-state index >= 15 is 0 Å². The summed E-state index contributed by atoms with van der Waals surface area (Å²) in [4.78, 5) is 1.10. The van der Waals surface area contributed by atoms with Crippen molar-refractivity contribution in [1.82, 2.24) is 0 Å². The number of rotatable bonds is 0. The Morgan fingerprint density at radius 1 is 1.36 bits per heavy atom. The average molecular weight is 206 g/mol. The molecule has 2 atom stereocenters. The van der Waals surface area contributed by atoms with Crippen molar-refractivity contribution in [2.75, 3.05) is 0 Å². The molecule has 0 spiro atoms. The van der Waals surface area contributed by atoms with Gasteiger partial charge in [-0.1, -0.05) is 30.7 Å². The van der Waals surface area contributed by atoms with Gasteiger partial charge in [0.2, 0.25) is 0 Å². The first-order valence-corrected chi connectivity index (χ1v) is 5.97. The van der Waals surface area contributed by atoms with E-state index in [4.69, 9.17) is 0 Å². The SMILES string of the molecule is OC1CCCCC1C#Cc1cccs1. The minimum atomic E-state index is -0.198. The van der Waals surface area contributed by atoms with Gasteiger partial charge < -0.3 is 5.11 Å². The number of aliphatic hydroxyl groups excluding tert-OH is 1. The standard InChI is InChI=1S/C12H14OS/c13-12-6-2-1-4-10(12)7-8-11-5-3-9-14-11/h3,5,9-10,12-13H,1-2,4,6H2. The molecule has 1 saturated carbocycles. The monoisotopic (exact) mass is 206 g/mol. The lowest BCUT2D eigenvalue weighted by atomic mass is 9.87. The Labute approximate surface area is 88.8 Å². The maximum absolute atomic E-state index is 9.70. The fraction of sp³-hybridized carbons (Fsp3) is 0.500. The quantitative estimate of drug-likeness (QED) is 0.647. The number of hydrogen-bond acceptors (Lipinski definition) is 2. The van der Waals surface area contributed by atoms with Crippen LogP contribution < -0.4 is 0 Å². The predicted molar refractivity (Wildman–Crippen MR) is 59.2 cm³/mol. The van der Waals surface area contributed by atoms with Crippen LogP contribution in [0.5, 0.6) is 0 Å². The van der Waals surface area contributed by atoms with E-state index < -0.39 is 0 Å². The zero-order valence-corrected chi connectivity index (χ0v) is 8.89. The number of hydrogen-bond donors (Lipinski definition) is 1. The lowest BCUT2D eigenvalue weighted by Gasteiger charge is -2.22. The molecule has 0 amide bonds. The molecule has 1 fully saturated rings. The van der Waals surface area contributed by atoms with E-state index in [0.29, 0.717) is 0 Å². The highest BCUT2D eigenvalue weighted by atomic mass is 32.1. The summed E-state index contributed by atoms with van der Waals surface area (Å²) in [5.41, 5.74) is 0. The van der Waals surface area contributed by atoms with Crippen molar-refractivity contribution in [3.8, 4) is 11.8 Å². The lowest BCUT2D eigenvalue weighted by Crippen LogP contribution is -2.22. The second kappa shape index (κ2) is 4.63. The van der Waals surface area contributed by atoms with Gasteiger partial charge in [-0.3, -0.25) is 0 Å². The minimum Gasteiger partial charge on any atom is -0.392 e. The van der Waals surface area contributed by atoms with Crippen LogP contribution in [0.1, 0.15) is 30.6 Å². The summed E-state index contributed by atoms with van der Waals surface area (Å²) in [5.74, 6) is 6.52. The molecular weight excluding hydrogens is 192 g/mol. The smallest absolute Gasteiger partial charge is 0.0768 e. The normalized spacial score (nSPS) is 26.6. The summed E-state index contributed by atoms with van der Waals surface area (Å²) < 4.78 is 0. The molecule has 0 aliphatic heterocycles. The molecule has 1 aliphatic rings. The van der Waals surface area contributed by atoms with Crippen LogP contribution in [0.3, 0.4) is 0 Å². The molecule has 1 N–H and O–H groups in total. The van der Waals surface area contributed by atoms with Crippen molar-refractivity contribution in [2.24, 2.45) is 5.92 Å². The van der Waals surface area contributed by atoms with Crippen LogP contribution in [0.4, 0.5) is 0 Å². The van der Waals surface area contributed by atoms with E-state index in [1.54, 1.807) is 11.3 Å². The number of aliphatic hydroxyl groups is 1. The van der Waals surface area contributed by atoms with Crippen molar-refractivity contribution in [2.45, 2.75) is 31.8 Å². The molecule has 1 aliphatic carbocycles. The zero-order chi connectivity index (χ0) is 9.80. The Morgan fingerprint density at radius 3 is 2.93 bits per heavy atom. The van der Waals surface area contributed by atoms with Gasteiger partial charge in [0.15, 0.2) is 0 Å². The highest BCUT2D eigenvalue weighted by molar-refractivity contribution is 7.10. The molecule has 0 bridgehead atoms. The fourth-order valence-electron chi connectivity index (χ4n) is 1.79.